The van der Waals surface area contributed by atoms with E-state index in [0.29, 0.717) is 10.0 Å². The molecule has 0 fully saturated rings. The van der Waals surface area contributed by atoms with Gasteiger partial charge in [-0.1, -0.05) is 59.9 Å². The largest absolute Gasteiger partial charge is 0.309 e. The van der Waals surface area contributed by atoms with Crippen LogP contribution in [0.15, 0.2) is 47.4 Å². The van der Waals surface area contributed by atoms with E-state index in [4.69, 9.17) is 34.8 Å². The minimum Gasteiger partial charge on any atom is -0.309 e. The number of benzene rings is 2. The summed E-state index contributed by atoms with van der Waals surface area (Å²) < 4.78 is 0. The first-order valence-electron chi connectivity index (χ1n) is 6.67. The summed E-state index contributed by atoms with van der Waals surface area (Å²) in [5.74, 6) is 0.855. The fraction of sp³-hybridized carbons (Fsp3) is 0.250. The second kappa shape index (κ2) is 8.30. The summed E-state index contributed by atoms with van der Waals surface area (Å²) >= 11 is 20.2. The molecule has 2 aromatic rings. The minimum absolute atomic E-state index is 0.144. The lowest BCUT2D eigenvalue weighted by atomic mass is 10.1. The standard InChI is InChI=1S/C16H16Cl3NS/c1-2-20-15(13-7-4-8-14(18)16(13)19)10-21-12-6-3-5-11(17)9-12/h3-9,15,20H,2,10H2,1H3. The van der Waals surface area contributed by atoms with Gasteiger partial charge in [0.15, 0.2) is 0 Å². The fourth-order valence-electron chi connectivity index (χ4n) is 2.03. The van der Waals surface area contributed by atoms with Crippen molar-refractivity contribution in [1.29, 1.82) is 0 Å². The Labute approximate surface area is 145 Å². The monoisotopic (exact) mass is 359 g/mol. The first-order valence-corrected chi connectivity index (χ1v) is 8.79. The van der Waals surface area contributed by atoms with Crippen LogP contribution in [0.2, 0.25) is 15.1 Å². The molecule has 0 radical (unpaired) electrons. The Morgan fingerprint density at radius 1 is 1.10 bits per heavy atom. The summed E-state index contributed by atoms with van der Waals surface area (Å²) in [6.07, 6.45) is 0. The van der Waals surface area contributed by atoms with Gasteiger partial charge in [-0.05, 0) is 36.4 Å². The van der Waals surface area contributed by atoms with Crippen LogP contribution in [0, 0.1) is 0 Å². The van der Waals surface area contributed by atoms with Crippen molar-refractivity contribution >= 4 is 46.6 Å². The zero-order valence-corrected chi connectivity index (χ0v) is 14.7. The SMILES string of the molecule is CCNC(CSc1cccc(Cl)c1)c1cccc(Cl)c1Cl. The summed E-state index contributed by atoms with van der Waals surface area (Å²) in [5.41, 5.74) is 1.03. The Morgan fingerprint density at radius 2 is 1.86 bits per heavy atom. The molecule has 1 atom stereocenters. The van der Waals surface area contributed by atoms with E-state index >= 15 is 0 Å². The van der Waals surface area contributed by atoms with E-state index in [0.717, 1.165) is 27.8 Å². The van der Waals surface area contributed by atoms with Crippen LogP contribution in [-0.4, -0.2) is 12.3 Å². The van der Waals surface area contributed by atoms with E-state index in [-0.39, 0.29) is 6.04 Å². The van der Waals surface area contributed by atoms with Crippen molar-refractivity contribution in [2.75, 3.05) is 12.3 Å². The molecule has 2 rings (SSSR count). The van der Waals surface area contributed by atoms with Crippen molar-refractivity contribution in [1.82, 2.24) is 5.32 Å². The maximum atomic E-state index is 6.33. The smallest absolute Gasteiger partial charge is 0.0640 e. The number of hydrogen-bond donors (Lipinski definition) is 1. The first kappa shape index (κ1) is 17.0. The molecule has 0 heterocycles. The average Bonchev–Trinajstić information content (AvgIpc) is 2.47. The average molecular weight is 361 g/mol. The molecule has 1 N–H and O–H groups in total. The molecule has 1 nitrogen and oxygen atoms in total. The van der Waals surface area contributed by atoms with Crippen LogP contribution in [0.4, 0.5) is 0 Å². The molecule has 5 heteroatoms. The van der Waals surface area contributed by atoms with Crippen LogP contribution in [0.3, 0.4) is 0 Å². The van der Waals surface area contributed by atoms with Crippen molar-refractivity contribution in [3.8, 4) is 0 Å². The normalized spacial score (nSPS) is 12.4. The highest BCUT2D eigenvalue weighted by Crippen LogP contribution is 2.33. The molecule has 0 saturated carbocycles. The molecule has 0 spiro atoms. The summed E-state index contributed by atoms with van der Waals surface area (Å²) in [4.78, 5) is 1.14. The van der Waals surface area contributed by atoms with Crippen LogP contribution in [-0.2, 0) is 0 Å². The van der Waals surface area contributed by atoms with Gasteiger partial charge in [0.2, 0.25) is 0 Å². The second-order valence-corrected chi connectivity index (χ2v) is 6.84. The molecule has 0 aliphatic carbocycles. The van der Waals surface area contributed by atoms with Gasteiger partial charge in [-0.3, -0.25) is 0 Å². The number of thioether (sulfide) groups is 1. The minimum atomic E-state index is 0.144. The molecule has 0 bridgehead atoms. The highest BCUT2D eigenvalue weighted by atomic mass is 35.5. The number of hydrogen-bond acceptors (Lipinski definition) is 2. The third-order valence-electron chi connectivity index (χ3n) is 3.02. The van der Waals surface area contributed by atoms with E-state index < -0.39 is 0 Å². The highest BCUT2D eigenvalue weighted by molar-refractivity contribution is 7.99. The molecular weight excluding hydrogens is 345 g/mol. The molecule has 0 aliphatic rings. The maximum absolute atomic E-state index is 6.33. The lowest BCUT2D eigenvalue weighted by Crippen LogP contribution is -2.23. The molecule has 21 heavy (non-hydrogen) atoms. The van der Waals surface area contributed by atoms with Gasteiger partial charge in [-0.15, -0.1) is 11.8 Å². The number of halogens is 3. The van der Waals surface area contributed by atoms with Gasteiger partial charge < -0.3 is 5.32 Å². The predicted molar refractivity (Wildman–Crippen MR) is 95.1 cm³/mol. The Morgan fingerprint density at radius 3 is 2.57 bits per heavy atom. The van der Waals surface area contributed by atoms with E-state index in [9.17, 15) is 0 Å². The van der Waals surface area contributed by atoms with E-state index in [1.165, 1.54) is 0 Å². The predicted octanol–water partition coefficient (Wildman–Crippen LogP) is 6.09. The Bertz CT molecular complexity index is 604. The Hall–Kier alpha value is -0.380. The molecule has 0 aromatic heterocycles. The third kappa shape index (κ3) is 4.80. The van der Waals surface area contributed by atoms with Crippen molar-refractivity contribution < 1.29 is 0 Å². The van der Waals surface area contributed by atoms with Crippen molar-refractivity contribution in [2.45, 2.75) is 17.9 Å². The highest BCUT2D eigenvalue weighted by Gasteiger charge is 2.15. The van der Waals surface area contributed by atoms with Crippen molar-refractivity contribution in [3.05, 3.63) is 63.1 Å². The third-order valence-corrected chi connectivity index (χ3v) is 5.18. The zero-order valence-electron chi connectivity index (χ0n) is 11.6. The van der Waals surface area contributed by atoms with Crippen LogP contribution in [0.5, 0.6) is 0 Å². The summed E-state index contributed by atoms with van der Waals surface area (Å²) in [6.45, 7) is 2.94. The Balaban J connectivity index is 2.14. The van der Waals surface area contributed by atoms with Crippen LogP contribution < -0.4 is 5.32 Å². The maximum Gasteiger partial charge on any atom is 0.0640 e. The molecule has 2 aromatic carbocycles. The van der Waals surface area contributed by atoms with Gasteiger partial charge in [-0.25, -0.2) is 0 Å². The molecule has 0 amide bonds. The van der Waals surface area contributed by atoms with Crippen LogP contribution in [0.1, 0.15) is 18.5 Å². The first-order chi connectivity index (χ1) is 10.1. The van der Waals surface area contributed by atoms with Gasteiger partial charge in [0, 0.05) is 21.7 Å². The summed E-state index contributed by atoms with van der Waals surface area (Å²) in [6, 6.07) is 13.7. The molecule has 1 unspecified atom stereocenters. The summed E-state index contributed by atoms with van der Waals surface area (Å²) in [7, 11) is 0. The van der Waals surface area contributed by atoms with Crippen LogP contribution >= 0.6 is 46.6 Å². The topological polar surface area (TPSA) is 12.0 Å². The van der Waals surface area contributed by atoms with Gasteiger partial charge in [0.25, 0.3) is 0 Å². The summed E-state index contributed by atoms with van der Waals surface area (Å²) in [5, 5.41) is 5.42. The molecule has 0 saturated heterocycles. The zero-order chi connectivity index (χ0) is 15.2. The molecular formula is C16H16Cl3NS. The van der Waals surface area contributed by atoms with E-state index in [1.807, 2.05) is 30.3 Å². The van der Waals surface area contributed by atoms with E-state index in [2.05, 4.69) is 18.3 Å². The van der Waals surface area contributed by atoms with Crippen LogP contribution in [0.25, 0.3) is 0 Å². The number of rotatable bonds is 6. The Kier molecular flexibility index (Phi) is 6.72. The molecule has 112 valence electrons. The van der Waals surface area contributed by atoms with Crippen molar-refractivity contribution in [2.24, 2.45) is 0 Å². The van der Waals surface area contributed by atoms with Gasteiger partial charge in [-0.2, -0.15) is 0 Å². The lowest BCUT2D eigenvalue weighted by Gasteiger charge is -2.20. The quantitative estimate of drug-likeness (QED) is 0.625. The number of nitrogens with one attached hydrogen (secondary N) is 1. The van der Waals surface area contributed by atoms with Crippen molar-refractivity contribution in [3.63, 3.8) is 0 Å². The van der Waals surface area contributed by atoms with Gasteiger partial charge in [0.05, 0.1) is 10.0 Å². The van der Waals surface area contributed by atoms with Gasteiger partial charge >= 0.3 is 0 Å². The van der Waals surface area contributed by atoms with E-state index in [1.54, 1.807) is 17.8 Å². The fourth-order valence-corrected chi connectivity index (χ4v) is 3.77. The molecule has 0 aliphatic heterocycles. The lowest BCUT2D eigenvalue weighted by molar-refractivity contribution is 0.606. The second-order valence-electron chi connectivity index (χ2n) is 4.52. The van der Waals surface area contributed by atoms with Gasteiger partial charge in [0.1, 0.15) is 0 Å².